The first kappa shape index (κ1) is 11.7. The molecule has 0 aliphatic heterocycles. The highest BCUT2D eigenvalue weighted by Gasteiger charge is 2.08. The molecule has 0 unspecified atom stereocenters. The van der Waals surface area contributed by atoms with Crippen LogP contribution in [0.1, 0.15) is 11.1 Å². The summed E-state index contributed by atoms with van der Waals surface area (Å²) in [5, 5.41) is 4.24. The number of hydrogen-bond donors (Lipinski definition) is 0. The van der Waals surface area contributed by atoms with E-state index in [2.05, 4.69) is 53.5 Å². The molecule has 18 heavy (non-hydrogen) atoms. The summed E-state index contributed by atoms with van der Waals surface area (Å²) in [6, 6.07) is 8.59. The molecule has 0 bridgehead atoms. The summed E-state index contributed by atoms with van der Waals surface area (Å²) >= 11 is 3.37. The zero-order valence-corrected chi connectivity index (χ0v) is 11.8. The highest BCUT2D eigenvalue weighted by molar-refractivity contribution is 7.99. The molecule has 0 atom stereocenters. The summed E-state index contributed by atoms with van der Waals surface area (Å²) in [6.45, 7) is 4.25. The van der Waals surface area contributed by atoms with E-state index in [4.69, 9.17) is 0 Å². The van der Waals surface area contributed by atoms with E-state index in [0.717, 1.165) is 15.2 Å². The summed E-state index contributed by atoms with van der Waals surface area (Å²) in [7, 11) is 0. The Balaban J connectivity index is 2.03. The molecule has 3 aromatic rings. The van der Waals surface area contributed by atoms with Gasteiger partial charge in [0.1, 0.15) is 16.2 Å². The van der Waals surface area contributed by atoms with Crippen LogP contribution in [-0.2, 0) is 0 Å². The Morgan fingerprint density at radius 3 is 2.83 bits per heavy atom. The fraction of sp³-hybridized carbons (Fsp3) is 0.143. The third-order valence-electron chi connectivity index (χ3n) is 2.76. The summed E-state index contributed by atoms with van der Waals surface area (Å²) in [4.78, 5) is 11.0. The van der Waals surface area contributed by atoms with Crippen molar-refractivity contribution in [3.8, 4) is 0 Å². The molecule has 0 saturated heterocycles. The Morgan fingerprint density at radius 1 is 1.11 bits per heavy atom. The summed E-state index contributed by atoms with van der Waals surface area (Å²) in [5.41, 5.74) is 2.59. The second kappa shape index (κ2) is 4.71. The molecular formula is C14H12N2S2. The Hall–Kier alpha value is -1.39. The van der Waals surface area contributed by atoms with E-state index < -0.39 is 0 Å². The number of aryl methyl sites for hydroxylation is 2. The van der Waals surface area contributed by atoms with Crippen molar-refractivity contribution < 1.29 is 0 Å². The Kier molecular flexibility index (Phi) is 3.06. The van der Waals surface area contributed by atoms with Gasteiger partial charge in [-0.25, -0.2) is 9.97 Å². The molecule has 0 aliphatic rings. The van der Waals surface area contributed by atoms with Gasteiger partial charge >= 0.3 is 0 Å². The van der Waals surface area contributed by atoms with Gasteiger partial charge in [-0.05, 0) is 36.9 Å². The number of hydrogen-bond acceptors (Lipinski definition) is 4. The normalized spacial score (nSPS) is 11.0. The van der Waals surface area contributed by atoms with E-state index in [1.807, 2.05) is 0 Å². The van der Waals surface area contributed by atoms with Gasteiger partial charge in [0.05, 0.1) is 0 Å². The van der Waals surface area contributed by atoms with Gasteiger partial charge in [-0.2, -0.15) is 0 Å². The SMILES string of the molecule is Cc1ccc(Sc2ncnc3sccc23)c(C)c1. The molecule has 0 fully saturated rings. The highest BCUT2D eigenvalue weighted by atomic mass is 32.2. The average molecular weight is 272 g/mol. The Morgan fingerprint density at radius 2 is 2.00 bits per heavy atom. The standard InChI is InChI=1S/C14H12N2S2/c1-9-3-4-12(10(2)7-9)18-14-11-5-6-17-13(11)15-8-16-14/h3-8H,1-2H3. The van der Waals surface area contributed by atoms with Gasteiger partial charge in [0.15, 0.2) is 0 Å². The lowest BCUT2D eigenvalue weighted by atomic mass is 10.2. The van der Waals surface area contributed by atoms with Crippen LogP contribution >= 0.6 is 23.1 Å². The van der Waals surface area contributed by atoms with E-state index in [1.165, 1.54) is 16.0 Å². The van der Waals surface area contributed by atoms with Crippen molar-refractivity contribution in [3.05, 3.63) is 47.1 Å². The number of benzene rings is 1. The molecule has 2 heterocycles. The molecule has 2 aromatic heterocycles. The Labute approximate surface area is 114 Å². The first-order valence-corrected chi connectivity index (χ1v) is 7.37. The van der Waals surface area contributed by atoms with Gasteiger partial charge in [0.2, 0.25) is 0 Å². The van der Waals surface area contributed by atoms with Gasteiger partial charge < -0.3 is 0 Å². The monoisotopic (exact) mass is 272 g/mol. The molecule has 1 aromatic carbocycles. The minimum absolute atomic E-state index is 1.04. The topological polar surface area (TPSA) is 25.8 Å². The maximum Gasteiger partial charge on any atom is 0.127 e. The van der Waals surface area contributed by atoms with Crippen molar-refractivity contribution in [2.24, 2.45) is 0 Å². The minimum atomic E-state index is 1.04. The zero-order chi connectivity index (χ0) is 12.5. The van der Waals surface area contributed by atoms with E-state index in [1.54, 1.807) is 29.4 Å². The van der Waals surface area contributed by atoms with Gasteiger partial charge in [-0.1, -0.05) is 29.5 Å². The molecule has 0 radical (unpaired) electrons. The number of rotatable bonds is 2. The van der Waals surface area contributed by atoms with Crippen molar-refractivity contribution in [1.29, 1.82) is 0 Å². The fourth-order valence-corrected chi connectivity index (χ4v) is 3.60. The van der Waals surface area contributed by atoms with E-state index in [0.29, 0.717) is 0 Å². The zero-order valence-electron chi connectivity index (χ0n) is 10.2. The summed E-state index contributed by atoms with van der Waals surface area (Å²) in [5.74, 6) is 0. The largest absolute Gasteiger partial charge is 0.229 e. The van der Waals surface area contributed by atoms with Crippen LogP contribution in [0.25, 0.3) is 10.2 Å². The molecule has 0 aliphatic carbocycles. The number of nitrogens with zero attached hydrogens (tertiary/aromatic N) is 2. The van der Waals surface area contributed by atoms with Crippen molar-refractivity contribution in [2.75, 3.05) is 0 Å². The molecule has 0 amide bonds. The second-order valence-electron chi connectivity index (χ2n) is 4.19. The third-order valence-corrected chi connectivity index (χ3v) is 4.78. The molecule has 0 N–H and O–H groups in total. The van der Waals surface area contributed by atoms with Crippen LogP contribution in [0.2, 0.25) is 0 Å². The summed E-state index contributed by atoms with van der Waals surface area (Å²) < 4.78 is 0. The fourth-order valence-electron chi connectivity index (χ4n) is 1.87. The van der Waals surface area contributed by atoms with Crippen LogP contribution in [0.5, 0.6) is 0 Å². The molecule has 3 rings (SSSR count). The van der Waals surface area contributed by atoms with Gasteiger partial charge in [-0.15, -0.1) is 11.3 Å². The van der Waals surface area contributed by atoms with Crippen LogP contribution in [0.15, 0.2) is 45.9 Å². The van der Waals surface area contributed by atoms with Crippen LogP contribution in [-0.4, -0.2) is 9.97 Å². The number of aromatic nitrogens is 2. The van der Waals surface area contributed by atoms with Crippen LogP contribution in [0, 0.1) is 13.8 Å². The molecule has 4 heteroatoms. The third kappa shape index (κ3) is 2.13. The Bertz CT molecular complexity index is 704. The van der Waals surface area contributed by atoms with Crippen LogP contribution in [0.3, 0.4) is 0 Å². The quantitative estimate of drug-likeness (QED) is 0.644. The van der Waals surface area contributed by atoms with Gasteiger partial charge in [0, 0.05) is 10.3 Å². The van der Waals surface area contributed by atoms with Crippen molar-refractivity contribution >= 4 is 33.3 Å². The molecule has 0 saturated carbocycles. The van der Waals surface area contributed by atoms with Gasteiger partial charge in [0.25, 0.3) is 0 Å². The smallest absolute Gasteiger partial charge is 0.127 e. The van der Waals surface area contributed by atoms with Crippen molar-refractivity contribution in [3.63, 3.8) is 0 Å². The number of thiophene rings is 1. The lowest BCUT2D eigenvalue weighted by molar-refractivity contribution is 1.10. The first-order valence-electron chi connectivity index (χ1n) is 5.67. The first-order chi connectivity index (χ1) is 8.74. The second-order valence-corrected chi connectivity index (χ2v) is 6.11. The molecule has 90 valence electrons. The highest BCUT2D eigenvalue weighted by Crippen LogP contribution is 2.34. The molecule has 0 spiro atoms. The van der Waals surface area contributed by atoms with Gasteiger partial charge in [-0.3, -0.25) is 0 Å². The number of fused-ring (bicyclic) bond motifs is 1. The molecular weight excluding hydrogens is 260 g/mol. The molecule has 2 nitrogen and oxygen atoms in total. The maximum absolute atomic E-state index is 4.40. The van der Waals surface area contributed by atoms with Crippen LogP contribution < -0.4 is 0 Å². The van der Waals surface area contributed by atoms with Crippen molar-refractivity contribution in [2.45, 2.75) is 23.8 Å². The average Bonchev–Trinajstić information content (AvgIpc) is 2.82. The van der Waals surface area contributed by atoms with E-state index in [9.17, 15) is 0 Å². The predicted octanol–water partition coefficient (Wildman–Crippen LogP) is 4.46. The lowest BCUT2D eigenvalue weighted by Gasteiger charge is -2.06. The van der Waals surface area contributed by atoms with E-state index >= 15 is 0 Å². The van der Waals surface area contributed by atoms with Crippen molar-refractivity contribution in [1.82, 2.24) is 9.97 Å². The predicted molar refractivity (Wildman–Crippen MR) is 77.5 cm³/mol. The lowest BCUT2D eigenvalue weighted by Crippen LogP contribution is -1.86. The maximum atomic E-state index is 4.40. The van der Waals surface area contributed by atoms with E-state index in [-0.39, 0.29) is 0 Å². The minimum Gasteiger partial charge on any atom is -0.229 e. The summed E-state index contributed by atoms with van der Waals surface area (Å²) in [6.07, 6.45) is 1.64. The van der Waals surface area contributed by atoms with Crippen LogP contribution in [0.4, 0.5) is 0 Å².